The van der Waals surface area contributed by atoms with Crippen LogP contribution in [0.15, 0.2) is 60.8 Å². The highest BCUT2D eigenvalue weighted by Crippen LogP contribution is 2.33. The van der Waals surface area contributed by atoms with Gasteiger partial charge in [0.25, 0.3) is 0 Å². The number of aryl methyl sites for hydroxylation is 1. The molecule has 0 fully saturated rings. The monoisotopic (exact) mass is 403 g/mol. The topological polar surface area (TPSA) is 81.1 Å². The summed E-state index contributed by atoms with van der Waals surface area (Å²) in [6.07, 6.45) is 6.77. The van der Waals surface area contributed by atoms with E-state index < -0.39 is 0 Å². The summed E-state index contributed by atoms with van der Waals surface area (Å²) in [5.74, 6) is 1.76. The van der Waals surface area contributed by atoms with Crippen LogP contribution in [0.5, 0.6) is 5.75 Å². The Morgan fingerprint density at radius 1 is 1.13 bits per heavy atom. The van der Waals surface area contributed by atoms with Gasteiger partial charge in [-0.15, -0.1) is 0 Å². The van der Waals surface area contributed by atoms with Crippen molar-refractivity contribution in [1.82, 2.24) is 20.1 Å². The van der Waals surface area contributed by atoms with Gasteiger partial charge in [-0.05, 0) is 56.7 Å². The van der Waals surface area contributed by atoms with E-state index in [2.05, 4.69) is 34.7 Å². The van der Waals surface area contributed by atoms with E-state index in [0.717, 1.165) is 35.1 Å². The third-order valence-electron chi connectivity index (χ3n) is 5.33. The highest BCUT2D eigenvalue weighted by atomic mass is 16.5. The minimum atomic E-state index is -0.229. The molecule has 3 aromatic rings. The van der Waals surface area contributed by atoms with Crippen molar-refractivity contribution in [3.8, 4) is 11.6 Å². The molecule has 154 valence electrons. The quantitative estimate of drug-likeness (QED) is 0.628. The molecule has 1 aromatic carbocycles. The van der Waals surface area contributed by atoms with Crippen LogP contribution in [-0.2, 0) is 0 Å². The minimum Gasteiger partial charge on any atom is -0.497 e. The zero-order chi connectivity index (χ0) is 21.1. The second-order valence-corrected chi connectivity index (χ2v) is 7.34. The van der Waals surface area contributed by atoms with Crippen molar-refractivity contribution in [2.45, 2.75) is 32.2 Å². The van der Waals surface area contributed by atoms with Crippen molar-refractivity contribution in [2.24, 2.45) is 0 Å². The lowest BCUT2D eigenvalue weighted by Crippen LogP contribution is -2.36. The molecule has 0 saturated carbocycles. The van der Waals surface area contributed by atoms with Gasteiger partial charge in [-0.3, -0.25) is 0 Å². The smallest absolute Gasteiger partial charge is 0.319 e. The number of anilines is 1. The van der Waals surface area contributed by atoms with Crippen molar-refractivity contribution in [1.29, 1.82) is 0 Å². The van der Waals surface area contributed by atoms with Crippen LogP contribution >= 0.6 is 0 Å². The zero-order valence-corrected chi connectivity index (χ0v) is 17.3. The molecule has 0 spiro atoms. The molecule has 0 unspecified atom stereocenters. The molecule has 0 radical (unpaired) electrons. The molecule has 1 aliphatic carbocycles. The Morgan fingerprint density at radius 3 is 2.63 bits per heavy atom. The van der Waals surface area contributed by atoms with E-state index in [1.54, 1.807) is 13.3 Å². The number of hydrogen-bond acceptors (Lipinski definition) is 4. The summed E-state index contributed by atoms with van der Waals surface area (Å²) in [5, 5.41) is 10.6. The van der Waals surface area contributed by atoms with Gasteiger partial charge < -0.3 is 15.4 Å². The third-order valence-corrected chi connectivity index (χ3v) is 5.33. The second kappa shape index (κ2) is 8.41. The van der Waals surface area contributed by atoms with Crippen LogP contribution in [0.4, 0.5) is 10.5 Å². The number of methoxy groups -OCH3 is 1. The molecular weight excluding hydrogens is 378 g/mol. The zero-order valence-electron chi connectivity index (χ0n) is 17.3. The largest absolute Gasteiger partial charge is 0.497 e. The maximum atomic E-state index is 12.4. The first kappa shape index (κ1) is 19.7. The minimum absolute atomic E-state index is 0.0368. The van der Waals surface area contributed by atoms with Gasteiger partial charge in [0, 0.05) is 35.1 Å². The number of aromatic nitrogens is 3. The summed E-state index contributed by atoms with van der Waals surface area (Å²) < 4.78 is 7.02. The van der Waals surface area contributed by atoms with Crippen molar-refractivity contribution in [2.75, 3.05) is 12.4 Å². The Kier molecular flexibility index (Phi) is 5.52. The number of pyridine rings is 1. The Balaban J connectivity index is 1.40. The van der Waals surface area contributed by atoms with E-state index in [9.17, 15) is 4.79 Å². The fraction of sp³-hybridized carbons (Fsp3) is 0.261. The lowest BCUT2D eigenvalue weighted by molar-refractivity contribution is 0.250. The maximum absolute atomic E-state index is 12.4. The van der Waals surface area contributed by atoms with Crippen LogP contribution in [0.25, 0.3) is 5.82 Å². The Bertz CT molecular complexity index is 1060. The Morgan fingerprint density at radius 2 is 1.93 bits per heavy atom. The van der Waals surface area contributed by atoms with Gasteiger partial charge in [-0.25, -0.2) is 14.5 Å². The fourth-order valence-corrected chi connectivity index (χ4v) is 3.92. The van der Waals surface area contributed by atoms with Gasteiger partial charge >= 0.3 is 6.03 Å². The summed E-state index contributed by atoms with van der Waals surface area (Å²) in [7, 11) is 1.61. The molecule has 0 bridgehead atoms. The summed E-state index contributed by atoms with van der Waals surface area (Å²) in [6, 6.07) is 12.8. The predicted molar refractivity (Wildman–Crippen MR) is 116 cm³/mol. The first-order valence-electron chi connectivity index (χ1n) is 9.92. The third kappa shape index (κ3) is 4.05. The van der Waals surface area contributed by atoms with E-state index in [1.807, 2.05) is 54.1 Å². The van der Waals surface area contributed by atoms with E-state index in [-0.39, 0.29) is 18.0 Å². The number of carbonyl (C=O) groups is 1. The molecule has 2 aromatic heterocycles. The average molecular weight is 403 g/mol. The molecule has 2 atom stereocenters. The van der Waals surface area contributed by atoms with E-state index in [1.165, 1.54) is 5.56 Å². The normalized spacial score (nSPS) is 17.7. The van der Waals surface area contributed by atoms with Crippen LogP contribution in [0.3, 0.4) is 0 Å². The van der Waals surface area contributed by atoms with Crippen molar-refractivity contribution in [3.05, 3.63) is 77.8 Å². The average Bonchev–Trinajstić information content (AvgIpc) is 3.32. The highest BCUT2D eigenvalue weighted by molar-refractivity contribution is 5.89. The number of rotatable bonds is 5. The summed E-state index contributed by atoms with van der Waals surface area (Å²) in [5.41, 5.74) is 3.97. The van der Waals surface area contributed by atoms with Gasteiger partial charge in [0.1, 0.15) is 5.75 Å². The van der Waals surface area contributed by atoms with Crippen LogP contribution in [0.1, 0.15) is 29.3 Å². The molecule has 7 nitrogen and oxygen atoms in total. The summed E-state index contributed by atoms with van der Waals surface area (Å²) >= 11 is 0. The number of urea groups is 1. The predicted octanol–water partition coefficient (Wildman–Crippen LogP) is 4.13. The van der Waals surface area contributed by atoms with Crippen LogP contribution in [0, 0.1) is 13.8 Å². The van der Waals surface area contributed by atoms with Crippen molar-refractivity contribution in [3.63, 3.8) is 0 Å². The van der Waals surface area contributed by atoms with Gasteiger partial charge in [0.05, 0.1) is 12.8 Å². The van der Waals surface area contributed by atoms with Crippen LogP contribution in [0.2, 0.25) is 0 Å². The number of carbonyl (C=O) groups excluding carboxylic acids is 1. The lowest BCUT2D eigenvalue weighted by Gasteiger charge is -2.15. The Hall–Kier alpha value is -3.61. The standard InChI is InChI=1S/C23H25N5O2/c1-15-22(16(2)28(27-15)21-6-4-5-13-24-21)17-7-8-19(14-17)26-23(29)25-18-9-11-20(30-3)12-10-18/h4-13,17,19H,14H2,1-3H3,(H2,25,26,29)/t17-,19+/m0/s1. The molecule has 2 amide bonds. The molecule has 4 rings (SSSR count). The summed E-state index contributed by atoms with van der Waals surface area (Å²) in [6.45, 7) is 4.09. The summed E-state index contributed by atoms with van der Waals surface area (Å²) in [4.78, 5) is 16.8. The number of amides is 2. The van der Waals surface area contributed by atoms with E-state index in [0.29, 0.717) is 0 Å². The van der Waals surface area contributed by atoms with Gasteiger partial charge in [0.15, 0.2) is 5.82 Å². The first-order valence-corrected chi connectivity index (χ1v) is 9.92. The fourth-order valence-electron chi connectivity index (χ4n) is 3.92. The van der Waals surface area contributed by atoms with E-state index in [4.69, 9.17) is 9.84 Å². The molecule has 2 heterocycles. The molecular formula is C23H25N5O2. The number of hydrogen-bond donors (Lipinski definition) is 2. The molecule has 1 aliphatic rings. The number of nitrogens with zero attached hydrogens (tertiary/aromatic N) is 3. The van der Waals surface area contributed by atoms with Crippen LogP contribution < -0.4 is 15.4 Å². The first-order chi connectivity index (χ1) is 14.5. The second-order valence-electron chi connectivity index (χ2n) is 7.34. The van der Waals surface area contributed by atoms with Crippen LogP contribution in [-0.4, -0.2) is 33.9 Å². The molecule has 2 N–H and O–H groups in total. The number of benzene rings is 1. The van der Waals surface area contributed by atoms with Gasteiger partial charge in [-0.1, -0.05) is 18.2 Å². The molecule has 7 heteroatoms. The molecule has 0 aliphatic heterocycles. The molecule has 0 saturated heterocycles. The number of nitrogens with one attached hydrogen (secondary N) is 2. The lowest BCUT2D eigenvalue weighted by atomic mass is 9.96. The number of allylic oxidation sites excluding steroid dienone is 1. The van der Waals surface area contributed by atoms with Crippen molar-refractivity contribution < 1.29 is 9.53 Å². The Labute approximate surface area is 175 Å². The van der Waals surface area contributed by atoms with Gasteiger partial charge in [-0.2, -0.15) is 5.10 Å². The number of ether oxygens (including phenoxy) is 1. The maximum Gasteiger partial charge on any atom is 0.319 e. The molecule has 30 heavy (non-hydrogen) atoms. The van der Waals surface area contributed by atoms with E-state index >= 15 is 0 Å². The van der Waals surface area contributed by atoms with Gasteiger partial charge in [0.2, 0.25) is 0 Å². The highest BCUT2D eigenvalue weighted by Gasteiger charge is 2.27. The SMILES string of the molecule is COc1ccc(NC(=O)N[C@@H]2C=C[C@H](c3c(C)nn(-c4ccccn4)c3C)C2)cc1. The van der Waals surface area contributed by atoms with Crippen molar-refractivity contribution >= 4 is 11.7 Å².